The second-order valence-corrected chi connectivity index (χ2v) is 7.45. The van der Waals surface area contributed by atoms with Crippen LogP contribution in [-0.4, -0.2) is 38.0 Å². The molecule has 8 heteroatoms. The number of anilines is 1. The number of benzene rings is 2. The molecule has 0 spiro atoms. The molecule has 4 N–H and O–H groups in total. The van der Waals surface area contributed by atoms with Gasteiger partial charge in [-0.25, -0.2) is 0 Å². The third-order valence-electron chi connectivity index (χ3n) is 4.64. The number of carbonyl (C=O) groups excluding carboxylic acids is 1. The van der Waals surface area contributed by atoms with Crippen molar-refractivity contribution < 1.29 is 4.79 Å². The van der Waals surface area contributed by atoms with Gasteiger partial charge in [-0.2, -0.15) is 0 Å². The molecule has 0 aromatic heterocycles. The standard InChI is InChI=1S/C20H24BrN5O.HI/c1-23-20(24-12-14-2-4-15(5-3-14)19(22)27)25-17-10-11-26(13-17)18-8-6-16(21)7-9-18;/h2-9,17H,10-13H2,1H3,(H2,22,27)(H2,23,24,25);1H. The third kappa shape index (κ3) is 6.10. The summed E-state index contributed by atoms with van der Waals surface area (Å²) < 4.78 is 1.09. The Hall–Kier alpha value is -1.81. The number of hydrogen-bond donors (Lipinski definition) is 3. The van der Waals surface area contributed by atoms with Crippen LogP contribution >= 0.6 is 39.9 Å². The Bertz CT molecular complexity index is 810. The first-order valence-electron chi connectivity index (χ1n) is 8.91. The van der Waals surface area contributed by atoms with Crippen molar-refractivity contribution in [3.63, 3.8) is 0 Å². The number of hydrogen-bond acceptors (Lipinski definition) is 3. The van der Waals surface area contributed by atoms with Crippen LogP contribution in [0.3, 0.4) is 0 Å². The van der Waals surface area contributed by atoms with Crippen LogP contribution in [0.2, 0.25) is 0 Å². The van der Waals surface area contributed by atoms with E-state index in [0.717, 1.165) is 35.5 Å². The Morgan fingerprint density at radius 2 is 1.89 bits per heavy atom. The van der Waals surface area contributed by atoms with Gasteiger partial charge in [0.15, 0.2) is 5.96 Å². The Labute approximate surface area is 191 Å². The van der Waals surface area contributed by atoms with Gasteiger partial charge in [0.25, 0.3) is 0 Å². The van der Waals surface area contributed by atoms with E-state index in [0.29, 0.717) is 18.2 Å². The second kappa shape index (κ2) is 10.7. The van der Waals surface area contributed by atoms with Crippen LogP contribution < -0.4 is 21.3 Å². The van der Waals surface area contributed by atoms with E-state index >= 15 is 0 Å². The molecule has 1 heterocycles. The summed E-state index contributed by atoms with van der Waals surface area (Å²) in [6, 6.07) is 16.0. The van der Waals surface area contributed by atoms with Gasteiger partial charge in [-0.1, -0.05) is 28.1 Å². The first-order valence-corrected chi connectivity index (χ1v) is 9.71. The Morgan fingerprint density at radius 1 is 1.21 bits per heavy atom. The quantitative estimate of drug-likeness (QED) is 0.300. The lowest BCUT2D eigenvalue weighted by atomic mass is 10.1. The Kier molecular flexibility index (Phi) is 8.56. The van der Waals surface area contributed by atoms with E-state index in [9.17, 15) is 4.79 Å². The van der Waals surface area contributed by atoms with E-state index in [1.165, 1.54) is 5.69 Å². The van der Waals surface area contributed by atoms with Crippen molar-refractivity contribution in [2.75, 3.05) is 25.0 Å². The van der Waals surface area contributed by atoms with E-state index in [4.69, 9.17) is 5.73 Å². The summed E-state index contributed by atoms with van der Waals surface area (Å²) >= 11 is 3.48. The van der Waals surface area contributed by atoms with Gasteiger partial charge < -0.3 is 21.3 Å². The number of guanidine groups is 1. The number of nitrogens with zero attached hydrogens (tertiary/aromatic N) is 2. The average Bonchev–Trinajstić information content (AvgIpc) is 3.14. The fourth-order valence-corrected chi connectivity index (χ4v) is 3.39. The highest BCUT2D eigenvalue weighted by Crippen LogP contribution is 2.22. The summed E-state index contributed by atoms with van der Waals surface area (Å²) in [5.41, 5.74) is 8.08. The van der Waals surface area contributed by atoms with Gasteiger partial charge in [-0.05, 0) is 48.4 Å². The van der Waals surface area contributed by atoms with Gasteiger partial charge >= 0.3 is 0 Å². The van der Waals surface area contributed by atoms with Crippen LogP contribution in [0.5, 0.6) is 0 Å². The first-order chi connectivity index (χ1) is 13.0. The summed E-state index contributed by atoms with van der Waals surface area (Å²) in [6.07, 6.45) is 1.06. The predicted molar refractivity (Wildman–Crippen MR) is 128 cm³/mol. The molecule has 6 nitrogen and oxygen atoms in total. The lowest BCUT2D eigenvalue weighted by molar-refractivity contribution is 0.100. The van der Waals surface area contributed by atoms with E-state index in [-0.39, 0.29) is 24.0 Å². The van der Waals surface area contributed by atoms with E-state index < -0.39 is 5.91 Å². The van der Waals surface area contributed by atoms with Crippen LogP contribution in [0.15, 0.2) is 58.0 Å². The number of amides is 1. The zero-order valence-electron chi connectivity index (χ0n) is 15.7. The number of halogens is 2. The SMILES string of the molecule is CN=C(NCc1ccc(C(N)=O)cc1)NC1CCN(c2ccc(Br)cc2)C1.I. The molecule has 0 aliphatic carbocycles. The smallest absolute Gasteiger partial charge is 0.248 e. The monoisotopic (exact) mass is 557 g/mol. The molecule has 1 saturated heterocycles. The maximum atomic E-state index is 11.1. The molecule has 1 atom stereocenters. The molecule has 2 aromatic carbocycles. The number of aliphatic imine (C=N–C) groups is 1. The van der Waals surface area contributed by atoms with Crippen LogP contribution in [0.4, 0.5) is 5.69 Å². The summed E-state index contributed by atoms with van der Waals surface area (Å²) in [5.74, 6) is 0.361. The molecule has 28 heavy (non-hydrogen) atoms. The molecular weight excluding hydrogens is 533 g/mol. The van der Waals surface area contributed by atoms with Gasteiger partial charge in [0.1, 0.15) is 0 Å². The first kappa shape index (κ1) is 22.5. The van der Waals surface area contributed by atoms with Crippen molar-refractivity contribution >= 4 is 57.5 Å². The van der Waals surface area contributed by atoms with Crippen molar-refractivity contribution in [1.29, 1.82) is 0 Å². The fraction of sp³-hybridized carbons (Fsp3) is 0.300. The largest absolute Gasteiger partial charge is 0.369 e. The normalized spacial score (nSPS) is 16.4. The Balaban J connectivity index is 0.00000280. The molecule has 1 amide bonds. The van der Waals surface area contributed by atoms with Gasteiger partial charge in [0.05, 0.1) is 0 Å². The maximum absolute atomic E-state index is 11.1. The van der Waals surface area contributed by atoms with Crippen LogP contribution in [0.1, 0.15) is 22.3 Å². The number of rotatable bonds is 5. The van der Waals surface area contributed by atoms with Gasteiger partial charge in [0.2, 0.25) is 5.91 Å². The minimum absolute atomic E-state index is 0. The highest BCUT2D eigenvalue weighted by Gasteiger charge is 2.23. The minimum Gasteiger partial charge on any atom is -0.369 e. The van der Waals surface area contributed by atoms with Crippen molar-refractivity contribution in [1.82, 2.24) is 10.6 Å². The van der Waals surface area contributed by atoms with Crippen LogP contribution in [0.25, 0.3) is 0 Å². The molecule has 150 valence electrons. The third-order valence-corrected chi connectivity index (χ3v) is 5.17. The fourth-order valence-electron chi connectivity index (χ4n) is 3.13. The maximum Gasteiger partial charge on any atom is 0.248 e. The summed E-state index contributed by atoms with van der Waals surface area (Å²) in [7, 11) is 1.77. The summed E-state index contributed by atoms with van der Waals surface area (Å²) in [4.78, 5) is 17.8. The van der Waals surface area contributed by atoms with Crippen LogP contribution in [0, 0.1) is 0 Å². The van der Waals surface area contributed by atoms with E-state index in [1.807, 2.05) is 12.1 Å². The lowest BCUT2D eigenvalue weighted by Crippen LogP contribution is -2.44. The molecule has 0 bridgehead atoms. The highest BCUT2D eigenvalue weighted by atomic mass is 127. The number of nitrogens with one attached hydrogen (secondary N) is 2. The lowest BCUT2D eigenvalue weighted by Gasteiger charge is -2.20. The zero-order chi connectivity index (χ0) is 19.2. The molecule has 3 rings (SSSR count). The van der Waals surface area contributed by atoms with Crippen molar-refractivity contribution in [3.05, 3.63) is 64.1 Å². The molecule has 1 aliphatic heterocycles. The molecule has 1 fully saturated rings. The number of carbonyl (C=O) groups is 1. The summed E-state index contributed by atoms with van der Waals surface area (Å²) in [5, 5.41) is 6.81. The van der Waals surface area contributed by atoms with Crippen LogP contribution in [-0.2, 0) is 6.54 Å². The van der Waals surface area contributed by atoms with Crippen molar-refractivity contribution in [2.24, 2.45) is 10.7 Å². The topological polar surface area (TPSA) is 82.7 Å². The van der Waals surface area contributed by atoms with E-state index in [1.54, 1.807) is 19.2 Å². The molecule has 1 aliphatic rings. The van der Waals surface area contributed by atoms with E-state index in [2.05, 4.69) is 60.7 Å². The molecule has 2 aromatic rings. The molecular formula is C20H25BrIN5O. The Morgan fingerprint density at radius 3 is 2.50 bits per heavy atom. The molecule has 0 saturated carbocycles. The average molecular weight is 558 g/mol. The summed E-state index contributed by atoms with van der Waals surface area (Å²) in [6.45, 7) is 2.59. The van der Waals surface area contributed by atoms with Crippen molar-refractivity contribution in [2.45, 2.75) is 19.0 Å². The minimum atomic E-state index is -0.413. The molecule has 1 unspecified atom stereocenters. The number of nitrogens with two attached hydrogens (primary N) is 1. The van der Waals surface area contributed by atoms with Gasteiger partial charge in [-0.3, -0.25) is 9.79 Å². The zero-order valence-corrected chi connectivity index (χ0v) is 19.6. The van der Waals surface area contributed by atoms with Gasteiger partial charge in [0, 0.05) is 48.4 Å². The second-order valence-electron chi connectivity index (χ2n) is 6.54. The highest BCUT2D eigenvalue weighted by molar-refractivity contribution is 14.0. The van der Waals surface area contributed by atoms with Gasteiger partial charge in [-0.15, -0.1) is 24.0 Å². The predicted octanol–water partition coefficient (Wildman–Crippen LogP) is 3.11. The van der Waals surface area contributed by atoms with Crippen molar-refractivity contribution in [3.8, 4) is 0 Å². The number of primary amides is 1. The molecule has 0 radical (unpaired) electrons.